The van der Waals surface area contributed by atoms with Crippen LogP contribution in [0.4, 0.5) is 4.79 Å². The smallest absolute Gasteiger partial charge is 0.408 e. The van der Waals surface area contributed by atoms with E-state index in [4.69, 9.17) is 19.9 Å². The standard InChI is InChI=1S/C30H38N4O9/c1-19(33-29(40)42-23(16-24(31)35)21-13-9-6-10-14-21)27(38)34-22(28(39)32-17-26(37)43-30(2,3)4)15-25(36)41-18-20-11-7-5-8-12-20/h5-14,19,22-23H,15-18H2,1-4H3,(H2,31,35)(H,32,39)(H,33,40)(H,34,38)/t19-,22-,23?/m0/s1. The van der Waals surface area contributed by atoms with Crippen molar-refractivity contribution in [3.8, 4) is 0 Å². The van der Waals surface area contributed by atoms with Crippen LogP contribution >= 0.6 is 0 Å². The number of amides is 4. The van der Waals surface area contributed by atoms with Gasteiger partial charge in [-0.1, -0.05) is 60.7 Å². The lowest BCUT2D eigenvalue weighted by atomic mass is 10.1. The number of primary amides is 1. The second-order valence-electron chi connectivity index (χ2n) is 10.6. The van der Waals surface area contributed by atoms with Crippen LogP contribution in [0.15, 0.2) is 60.7 Å². The molecule has 2 aromatic rings. The number of carbonyl (C=O) groups excluding carboxylic acids is 6. The van der Waals surface area contributed by atoms with Crippen LogP contribution in [0.1, 0.15) is 57.8 Å². The monoisotopic (exact) mass is 598 g/mol. The third-order valence-corrected chi connectivity index (χ3v) is 5.61. The minimum absolute atomic E-state index is 0.0580. The summed E-state index contributed by atoms with van der Waals surface area (Å²) in [5.74, 6) is -3.91. The van der Waals surface area contributed by atoms with Gasteiger partial charge in [0.05, 0.1) is 12.8 Å². The van der Waals surface area contributed by atoms with Gasteiger partial charge in [-0.15, -0.1) is 0 Å². The number of esters is 2. The molecule has 0 aliphatic rings. The van der Waals surface area contributed by atoms with E-state index in [0.29, 0.717) is 11.1 Å². The fourth-order valence-corrected chi connectivity index (χ4v) is 3.61. The van der Waals surface area contributed by atoms with Gasteiger partial charge in [0.25, 0.3) is 0 Å². The molecule has 13 nitrogen and oxygen atoms in total. The average molecular weight is 599 g/mol. The van der Waals surface area contributed by atoms with Crippen molar-refractivity contribution >= 4 is 35.8 Å². The summed E-state index contributed by atoms with van der Waals surface area (Å²) in [5, 5.41) is 7.06. The Hall–Kier alpha value is -4.94. The van der Waals surface area contributed by atoms with Crippen LogP contribution < -0.4 is 21.7 Å². The number of alkyl carbamates (subject to hydrolysis) is 1. The molecular formula is C30H38N4O9. The first-order chi connectivity index (χ1) is 20.2. The molecule has 0 aliphatic heterocycles. The number of nitrogens with two attached hydrogens (primary N) is 1. The van der Waals surface area contributed by atoms with Gasteiger partial charge in [0.1, 0.15) is 36.9 Å². The number of hydrogen-bond donors (Lipinski definition) is 4. The second-order valence-corrected chi connectivity index (χ2v) is 10.6. The second kappa shape index (κ2) is 16.5. The first kappa shape index (κ1) is 34.3. The summed E-state index contributed by atoms with van der Waals surface area (Å²) >= 11 is 0. The summed E-state index contributed by atoms with van der Waals surface area (Å²) in [5.41, 5.74) is 5.73. The molecule has 0 radical (unpaired) electrons. The van der Waals surface area contributed by atoms with Crippen molar-refractivity contribution in [3.05, 3.63) is 71.8 Å². The molecule has 1 unspecified atom stereocenters. The van der Waals surface area contributed by atoms with Crippen LogP contribution in [0.5, 0.6) is 0 Å². The molecule has 232 valence electrons. The summed E-state index contributed by atoms with van der Waals surface area (Å²) in [6.45, 7) is 5.74. The van der Waals surface area contributed by atoms with E-state index in [2.05, 4.69) is 16.0 Å². The number of carbonyl (C=O) groups is 6. The van der Waals surface area contributed by atoms with Crippen LogP contribution in [0.3, 0.4) is 0 Å². The molecule has 5 N–H and O–H groups in total. The molecule has 13 heteroatoms. The minimum atomic E-state index is -1.45. The summed E-state index contributed by atoms with van der Waals surface area (Å²) in [7, 11) is 0. The van der Waals surface area contributed by atoms with Crippen molar-refractivity contribution < 1.29 is 43.0 Å². The third kappa shape index (κ3) is 13.5. The Labute approximate surface area is 249 Å². The van der Waals surface area contributed by atoms with Crippen molar-refractivity contribution in [2.24, 2.45) is 5.73 Å². The molecular weight excluding hydrogens is 560 g/mol. The maximum atomic E-state index is 12.9. The minimum Gasteiger partial charge on any atom is -0.461 e. The number of nitrogens with one attached hydrogen (secondary N) is 3. The predicted molar refractivity (Wildman–Crippen MR) is 154 cm³/mol. The van der Waals surface area contributed by atoms with Gasteiger partial charge in [-0.2, -0.15) is 0 Å². The Morgan fingerprint density at radius 3 is 2.00 bits per heavy atom. The Morgan fingerprint density at radius 1 is 0.814 bits per heavy atom. The van der Waals surface area contributed by atoms with Crippen molar-refractivity contribution in [2.75, 3.05) is 6.54 Å². The molecule has 2 rings (SSSR count). The summed E-state index contributed by atoms with van der Waals surface area (Å²) in [6.07, 6.45) is -2.88. The van der Waals surface area contributed by atoms with Gasteiger partial charge in [-0.05, 0) is 38.8 Å². The first-order valence-corrected chi connectivity index (χ1v) is 13.5. The Kier molecular flexibility index (Phi) is 13.1. The van der Waals surface area contributed by atoms with E-state index in [-0.39, 0.29) is 13.0 Å². The summed E-state index contributed by atoms with van der Waals surface area (Å²) < 4.78 is 15.7. The van der Waals surface area contributed by atoms with E-state index >= 15 is 0 Å². The average Bonchev–Trinajstić information content (AvgIpc) is 2.93. The zero-order valence-electron chi connectivity index (χ0n) is 24.6. The lowest BCUT2D eigenvalue weighted by Crippen LogP contribution is -2.54. The fourth-order valence-electron chi connectivity index (χ4n) is 3.61. The van der Waals surface area contributed by atoms with E-state index in [9.17, 15) is 28.8 Å². The topological polar surface area (TPSA) is 192 Å². The van der Waals surface area contributed by atoms with Crippen LogP contribution in [0.25, 0.3) is 0 Å². The van der Waals surface area contributed by atoms with Gasteiger partial charge in [-0.25, -0.2) is 4.79 Å². The highest BCUT2D eigenvalue weighted by atomic mass is 16.6. The van der Waals surface area contributed by atoms with Gasteiger partial charge in [-0.3, -0.25) is 24.0 Å². The van der Waals surface area contributed by atoms with Crippen LogP contribution in [-0.4, -0.2) is 60.0 Å². The van der Waals surface area contributed by atoms with E-state index in [1.807, 2.05) is 0 Å². The van der Waals surface area contributed by atoms with Gasteiger partial charge in [0.15, 0.2) is 0 Å². The molecule has 3 atom stereocenters. The summed E-state index contributed by atoms with van der Waals surface area (Å²) in [6, 6.07) is 14.6. The van der Waals surface area contributed by atoms with E-state index in [1.165, 1.54) is 6.92 Å². The zero-order chi connectivity index (χ0) is 32.0. The molecule has 0 heterocycles. The molecule has 4 amide bonds. The zero-order valence-corrected chi connectivity index (χ0v) is 24.6. The van der Waals surface area contributed by atoms with Gasteiger partial charge in [0, 0.05) is 0 Å². The molecule has 0 fully saturated rings. The highest BCUT2D eigenvalue weighted by molar-refractivity contribution is 5.94. The molecule has 0 aromatic heterocycles. The number of ether oxygens (including phenoxy) is 3. The van der Waals surface area contributed by atoms with Crippen LogP contribution in [0, 0.1) is 0 Å². The van der Waals surface area contributed by atoms with Gasteiger partial charge in [0.2, 0.25) is 17.7 Å². The SMILES string of the molecule is C[C@H](NC(=O)OC(CC(N)=O)c1ccccc1)C(=O)N[C@@H](CC(=O)OCc1ccccc1)C(=O)NCC(=O)OC(C)(C)C. The fraction of sp³-hybridized carbons (Fsp3) is 0.400. The molecule has 0 saturated heterocycles. The molecule has 0 saturated carbocycles. The van der Waals surface area contributed by atoms with Crippen molar-refractivity contribution in [1.29, 1.82) is 0 Å². The maximum absolute atomic E-state index is 12.9. The number of hydrogen-bond acceptors (Lipinski definition) is 9. The normalized spacial score (nSPS) is 12.9. The largest absolute Gasteiger partial charge is 0.461 e. The first-order valence-electron chi connectivity index (χ1n) is 13.5. The molecule has 0 spiro atoms. The Bertz CT molecular complexity index is 1260. The molecule has 2 aromatic carbocycles. The van der Waals surface area contributed by atoms with E-state index in [0.717, 1.165) is 0 Å². The quantitative estimate of drug-likeness (QED) is 0.185. The summed E-state index contributed by atoms with van der Waals surface area (Å²) in [4.78, 5) is 74.5. The molecule has 43 heavy (non-hydrogen) atoms. The lowest BCUT2D eigenvalue weighted by Gasteiger charge is -2.23. The maximum Gasteiger partial charge on any atom is 0.408 e. The Balaban J connectivity index is 2.04. The number of benzene rings is 2. The molecule has 0 bridgehead atoms. The van der Waals surface area contributed by atoms with E-state index in [1.54, 1.807) is 81.4 Å². The van der Waals surface area contributed by atoms with Crippen molar-refractivity contribution in [2.45, 2.75) is 70.9 Å². The third-order valence-electron chi connectivity index (χ3n) is 5.61. The lowest BCUT2D eigenvalue weighted by molar-refractivity contribution is -0.154. The van der Waals surface area contributed by atoms with Crippen molar-refractivity contribution in [3.63, 3.8) is 0 Å². The van der Waals surface area contributed by atoms with Gasteiger partial charge >= 0.3 is 18.0 Å². The highest BCUT2D eigenvalue weighted by Crippen LogP contribution is 2.21. The molecule has 0 aliphatic carbocycles. The highest BCUT2D eigenvalue weighted by Gasteiger charge is 2.29. The van der Waals surface area contributed by atoms with Crippen LogP contribution in [-0.2, 0) is 44.8 Å². The Morgan fingerprint density at radius 2 is 1.42 bits per heavy atom. The van der Waals surface area contributed by atoms with Crippen LogP contribution in [0.2, 0.25) is 0 Å². The van der Waals surface area contributed by atoms with E-state index < -0.39 is 72.5 Å². The predicted octanol–water partition coefficient (Wildman–Crippen LogP) is 1.79. The van der Waals surface area contributed by atoms with Crippen molar-refractivity contribution in [1.82, 2.24) is 16.0 Å². The van der Waals surface area contributed by atoms with Gasteiger partial charge < -0.3 is 35.9 Å². The number of rotatable bonds is 14.